The quantitative estimate of drug-likeness (QED) is 0.364. The van der Waals surface area contributed by atoms with Gasteiger partial charge in [-0.1, -0.05) is 17.9 Å². The van der Waals surface area contributed by atoms with E-state index in [1.807, 2.05) is 26.0 Å². The topological polar surface area (TPSA) is 76.5 Å². The molecule has 1 atom stereocenters. The van der Waals surface area contributed by atoms with E-state index in [1.165, 1.54) is 5.69 Å². The van der Waals surface area contributed by atoms with Crippen LogP contribution >= 0.6 is 0 Å². The Morgan fingerprint density at radius 1 is 0.976 bits per heavy atom. The number of rotatable bonds is 8. The zero-order valence-corrected chi connectivity index (χ0v) is 26.1. The molecular formula is C35H45N5O2. The van der Waals surface area contributed by atoms with Crippen LogP contribution in [-0.4, -0.2) is 58.0 Å². The van der Waals surface area contributed by atoms with Crippen molar-refractivity contribution in [3.63, 3.8) is 0 Å². The lowest BCUT2D eigenvalue weighted by molar-refractivity contribution is 0.192. The fraction of sp³-hybridized carbons (Fsp3) is 0.429. The standard InChI is InChI=1S/C35H45N5O2/c1-22(2)38-14-16-39(17-15-38)29-11-8-27(9-12-29)28-10-13-32-33(25(6)21-40(32)23(3)4)30(19-28)34(41)36-20-31-24(5)18-26(7)37-35(31)42/h8-12,18-19,21-23,34,36,41H,14-17,20H2,1-7H3,(H,37,42)/t34-/m1/s1. The van der Waals surface area contributed by atoms with Crippen molar-refractivity contribution >= 4 is 22.6 Å². The maximum atomic E-state index is 12.6. The summed E-state index contributed by atoms with van der Waals surface area (Å²) in [5.74, 6) is 0. The van der Waals surface area contributed by atoms with Gasteiger partial charge in [-0.25, -0.2) is 0 Å². The van der Waals surface area contributed by atoms with E-state index in [2.05, 4.69) is 102 Å². The number of benzene rings is 1. The number of nitrogens with one attached hydrogen (secondary N) is 2. The van der Waals surface area contributed by atoms with Gasteiger partial charge in [-0.2, -0.15) is 0 Å². The molecule has 0 radical (unpaired) electrons. The fourth-order valence-corrected chi connectivity index (χ4v) is 6.15. The minimum Gasteiger partial charge on any atom is -0.374 e. The van der Waals surface area contributed by atoms with Crippen LogP contribution in [0.4, 0.5) is 5.69 Å². The van der Waals surface area contributed by atoms with Gasteiger partial charge in [0.05, 0.1) is 5.35 Å². The first-order chi connectivity index (χ1) is 20.0. The average Bonchev–Trinajstić information content (AvgIpc) is 3.15. The number of aromatic nitrogens is 2. The molecule has 222 valence electrons. The van der Waals surface area contributed by atoms with Crippen molar-refractivity contribution in [2.45, 2.75) is 73.3 Å². The molecule has 1 fully saturated rings. The second-order valence-electron chi connectivity index (χ2n) is 12.3. The summed E-state index contributed by atoms with van der Waals surface area (Å²) < 4.78 is 2.21. The van der Waals surface area contributed by atoms with Crippen LogP contribution < -0.4 is 26.3 Å². The lowest BCUT2D eigenvalue weighted by Gasteiger charge is -2.38. The molecule has 0 unspecified atom stereocenters. The predicted octanol–water partition coefficient (Wildman–Crippen LogP) is 3.50. The first-order valence-corrected chi connectivity index (χ1v) is 15.1. The molecule has 1 aliphatic heterocycles. The van der Waals surface area contributed by atoms with Crippen LogP contribution in [-0.2, 0) is 6.54 Å². The third kappa shape index (κ3) is 6.11. The molecular weight excluding hydrogens is 522 g/mol. The van der Waals surface area contributed by atoms with Crippen LogP contribution in [0.15, 0.2) is 53.5 Å². The van der Waals surface area contributed by atoms with E-state index in [9.17, 15) is 9.90 Å². The van der Waals surface area contributed by atoms with Gasteiger partial charge in [0, 0.05) is 78.7 Å². The molecule has 0 spiro atoms. The van der Waals surface area contributed by atoms with E-state index >= 15 is 0 Å². The minimum atomic E-state index is -0.981. The maximum Gasteiger partial charge on any atom is 0.252 e. The van der Waals surface area contributed by atoms with Gasteiger partial charge in [-0.05, 0) is 101 Å². The van der Waals surface area contributed by atoms with Crippen LogP contribution in [0.25, 0.3) is 16.9 Å². The number of aryl methyl sites for hydroxylation is 3. The lowest BCUT2D eigenvalue weighted by atomic mass is 10.0. The van der Waals surface area contributed by atoms with Crippen molar-refractivity contribution in [2.24, 2.45) is 0 Å². The highest BCUT2D eigenvalue weighted by Gasteiger charge is 2.20. The summed E-state index contributed by atoms with van der Waals surface area (Å²) in [6.45, 7) is 19.2. The zero-order chi connectivity index (χ0) is 30.1. The first-order valence-electron chi connectivity index (χ1n) is 15.1. The molecule has 2 aromatic heterocycles. The van der Waals surface area contributed by atoms with Crippen molar-refractivity contribution in [3.8, 4) is 0 Å². The number of aliphatic hydroxyl groups is 1. The van der Waals surface area contributed by atoms with E-state index in [0.717, 1.165) is 70.3 Å². The van der Waals surface area contributed by atoms with Crippen molar-refractivity contribution in [1.29, 1.82) is 0 Å². The molecule has 0 amide bonds. The monoisotopic (exact) mass is 567 g/mol. The maximum absolute atomic E-state index is 12.6. The Morgan fingerprint density at radius 3 is 2.29 bits per heavy atom. The van der Waals surface area contributed by atoms with E-state index in [-0.39, 0.29) is 18.1 Å². The second-order valence-corrected chi connectivity index (χ2v) is 12.3. The summed E-state index contributed by atoms with van der Waals surface area (Å²) in [7, 11) is 0. The highest BCUT2D eigenvalue weighted by Crippen LogP contribution is 2.25. The van der Waals surface area contributed by atoms with E-state index in [4.69, 9.17) is 0 Å². The molecule has 3 aromatic rings. The number of hydrogen-bond acceptors (Lipinski definition) is 5. The second kappa shape index (κ2) is 12.3. The van der Waals surface area contributed by atoms with Crippen LogP contribution in [0, 0.1) is 20.8 Å². The summed E-state index contributed by atoms with van der Waals surface area (Å²) in [6.07, 6.45) is 5.24. The molecule has 3 N–H and O–H groups in total. The molecule has 0 bridgehead atoms. The lowest BCUT2D eigenvalue weighted by Crippen LogP contribution is -2.48. The van der Waals surface area contributed by atoms with Crippen molar-refractivity contribution in [3.05, 3.63) is 97.6 Å². The van der Waals surface area contributed by atoms with Crippen LogP contribution in [0.2, 0.25) is 0 Å². The highest BCUT2D eigenvalue weighted by molar-refractivity contribution is 5.86. The summed E-state index contributed by atoms with van der Waals surface area (Å²) in [4.78, 5) is 20.5. The molecule has 2 aliphatic rings. The largest absolute Gasteiger partial charge is 0.374 e. The summed E-state index contributed by atoms with van der Waals surface area (Å²) in [5, 5.41) is 16.7. The van der Waals surface area contributed by atoms with Gasteiger partial charge in [-0.15, -0.1) is 0 Å². The number of pyridine rings is 1. The molecule has 1 saturated heterocycles. The minimum absolute atomic E-state index is 0.127. The molecule has 1 aliphatic carbocycles. The van der Waals surface area contributed by atoms with Gasteiger partial charge in [0.2, 0.25) is 0 Å². The third-order valence-electron chi connectivity index (χ3n) is 8.61. The van der Waals surface area contributed by atoms with Gasteiger partial charge >= 0.3 is 0 Å². The van der Waals surface area contributed by atoms with Crippen LogP contribution in [0.1, 0.15) is 61.7 Å². The Bertz CT molecular complexity index is 1690. The average molecular weight is 568 g/mol. The molecule has 7 heteroatoms. The zero-order valence-electron chi connectivity index (χ0n) is 26.1. The smallest absolute Gasteiger partial charge is 0.252 e. The van der Waals surface area contributed by atoms with E-state index in [1.54, 1.807) is 0 Å². The SMILES string of the molecule is Cc1cc(C)c(CN[C@H](O)C2=c3c(C)cn(C(C)C)c3=C=CC(c3ccc(N4CCN(C(C)C)CC4)cc3)=C2)c(=O)[nH]1. The number of fused-ring (bicyclic) bond motifs is 1. The number of anilines is 1. The number of allylic oxidation sites excluding steroid dienone is 2. The van der Waals surface area contributed by atoms with Gasteiger partial charge in [0.1, 0.15) is 6.23 Å². The number of H-pyrrole nitrogens is 1. The highest BCUT2D eigenvalue weighted by atomic mass is 16.3. The third-order valence-corrected chi connectivity index (χ3v) is 8.61. The normalized spacial score (nSPS) is 16.5. The number of aromatic amines is 1. The van der Waals surface area contributed by atoms with E-state index < -0.39 is 6.23 Å². The Kier molecular flexibility index (Phi) is 8.76. The molecule has 0 saturated carbocycles. The summed E-state index contributed by atoms with van der Waals surface area (Å²) in [5.41, 5.74) is 10.9. The van der Waals surface area contributed by atoms with Gasteiger partial charge in [0.25, 0.3) is 5.56 Å². The Hall–Kier alpha value is -3.61. The molecule has 1 aromatic carbocycles. The van der Waals surface area contributed by atoms with Gasteiger partial charge in [-0.3, -0.25) is 15.0 Å². The number of aliphatic hydroxyl groups excluding tert-OH is 1. The predicted molar refractivity (Wildman–Crippen MR) is 173 cm³/mol. The fourth-order valence-electron chi connectivity index (χ4n) is 6.15. The van der Waals surface area contributed by atoms with Gasteiger partial charge < -0.3 is 19.6 Å². The molecule has 42 heavy (non-hydrogen) atoms. The van der Waals surface area contributed by atoms with Crippen molar-refractivity contribution in [1.82, 2.24) is 19.8 Å². The summed E-state index contributed by atoms with van der Waals surface area (Å²) >= 11 is 0. The number of hydrogen-bond donors (Lipinski definition) is 3. The van der Waals surface area contributed by atoms with Gasteiger partial charge in [0.15, 0.2) is 0 Å². The Balaban J connectivity index is 1.49. The first kappa shape index (κ1) is 29.9. The molecule has 5 rings (SSSR count). The number of piperazine rings is 1. The molecule has 7 nitrogen and oxygen atoms in total. The number of nitrogens with zero attached hydrogens (tertiary/aromatic N) is 3. The van der Waals surface area contributed by atoms with Crippen molar-refractivity contribution in [2.75, 3.05) is 31.1 Å². The van der Waals surface area contributed by atoms with Crippen LogP contribution in [0.3, 0.4) is 0 Å². The molecule has 3 heterocycles. The Labute approximate surface area is 249 Å². The van der Waals surface area contributed by atoms with Crippen molar-refractivity contribution < 1.29 is 5.11 Å². The van der Waals surface area contributed by atoms with E-state index in [0.29, 0.717) is 11.6 Å². The van der Waals surface area contributed by atoms with Crippen LogP contribution in [0.5, 0.6) is 0 Å². The Morgan fingerprint density at radius 2 is 1.67 bits per heavy atom. The summed E-state index contributed by atoms with van der Waals surface area (Å²) in [6, 6.07) is 11.5.